The van der Waals surface area contributed by atoms with Crippen molar-refractivity contribution in [3.63, 3.8) is 0 Å². The van der Waals surface area contributed by atoms with Crippen molar-refractivity contribution in [1.82, 2.24) is 22.6 Å². The third-order valence-corrected chi connectivity index (χ3v) is 7.68. The fourth-order valence-corrected chi connectivity index (χ4v) is 6.01. The van der Waals surface area contributed by atoms with E-state index >= 15 is 0 Å². The van der Waals surface area contributed by atoms with Crippen molar-refractivity contribution >= 4 is 32.8 Å². The van der Waals surface area contributed by atoms with Crippen molar-refractivity contribution in [2.75, 3.05) is 26.8 Å². The highest BCUT2D eigenvalue weighted by molar-refractivity contribution is 7.89. The minimum atomic E-state index is -3.59. The zero-order chi connectivity index (χ0) is 19.7. The Morgan fingerprint density at radius 2 is 2.18 bits per heavy atom. The van der Waals surface area contributed by atoms with E-state index in [0.29, 0.717) is 30.7 Å². The first-order valence-corrected chi connectivity index (χ1v) is 11.4. The minimum absolute atomic E-state index is 0.241. The van der Waals surface area contributed by atoms with Gasteiger partial charge < -0.3 is 9.30 Å². The minimum Gasteiger partial charge on any atom is -0.383 e. The van der Waals surface area contributed by atoms with Gasteiger partial charge in [0, 0.05) is 45.1 Å². The monoisotopic (exact) mass is 421 g/mol. The van der Waals surface area contributed by atoms with Gasteiger partial charge in [0.25, 0.3) is 0 Å². The Morgan fingerprint density at radius 3 is 3.00 bits per heavy atom. The van der Waals surface area contributed by atoms with Crippen LogP contribution in [-0.2, 0) is 27.7 Å². The van der Waals surface area contributed by atoms with Crippen LogP contribution in [0.5, 0.6) is 0 Å². The van der Waals surface area contributed by atoms with Gasteiger partial charge in [-0.3, -0.25) is 0 Å². The molecule has 1 atom stereocenters. The maximum absolute atomic E-state index is 13.2. The topological polar surface area (TPSA) is 90.2 Å². The fraction of sp³-hybridized carbons (Fsp3) is 0.500. The SMILES string of the molecule is COCCn1c(C)cnc1CC1CCN(S(=O)(=O)c2cccc3nsnc23)C1. The van der Waals surface area contributed by atoms with Crippen LogP contribution in [0.2, 0.25) is 0 Å². The maximum atomic E-state index is 13.2. The Kier molecular flexibility index (Phi) is 5.46. The van der Waals surface area contributed by atoms with Gasteiger partial charge in [-0.1, -0.05) is 6.07 Å². The number of rotatable bonds is 7. The molecule has 28 heavy (non-hydrogen) atoms. The number of hydrogen-bond donors (Lipinski definition) is 0. The molecule has 0 radical (unpaired) electrons. The van der Waals surface area contributed by atoms with Crippen LogP contribution in [0, 0.1) is 12.8 Å². The van der Waals surface area contributed by atoms with E-state index < -0.39 is 10.0 Å². The number of aromatic nitrogens is 4. The van der Waals surface area contributed by atoms with E-state index in [4.69, 9.17) is 4.74 Å². The second-order valence-electron chi connectivity index (χ2n) is 7.07. The smallest absolute Gasteiger partial charge is 0.245 e. The number of imidazole rings is 1. The number of aryl methyl sites for hydroxylation is 1. The Labute approximate surface area is 168 Å². The summed E-state index contributed by atoms with van der Waals surface area (Å²) in [6.07, 6.45) is 3.44. The average molecular weight is 422 g/mol. The third kappa shape index (κ3) is 3.57. The molecule has 10 heteroatoms. The lowest BCUT2D eigenvalue weighted by atomic mass is 10.0. The molecular weight excluding hydrogens is 398 g/mol. The summed E-state index contributed by atoms with van der Waals surface area (Å²) in [5.74, 6) is 1.23. The Balaban J connectivity index is 1.51. The Hall–Kier alpha value is -1.88. The average Bonchev–Trinajstić information content (AvgIpc) is 3.41. The molecule has 0 spiro atoms. The van der Waals surface area contributed by atoms with Crippen molar-refractivity contribution in [2.45, 2.75) is 31.2 Å². The summed E-state index contributed by atoms with van der Waals surface area (Å²) in [6, 6.07) is 5.12. The summed E-state index contributed by atoms with van der Waals surface area (Å²) in [5, 5.41) is 0. The summed E-state index contributed by atoms with van der Waals surface area (Å²) in [5.41, 5.74) is 2.18. The summed E-state index contributed by atoms with van der Waals surface area (Å²) >= 11 is 1.03. The lowest BCUT2D eigenvalue weighted by molar-refractivity contribution is 0.185. The predicted octanol–water partition coefficient (Wildman–Crippen LogP) is 2.10. The molecule has 8 nitrogen and oxygen atoms in total. The first-order chi connectivity index (χ1) is 13.5. The molecule has 1 unspecified atom stereocenters. The van der Waals surface area contributed by atoms with Gasteiger partial charge >= 0.3 is 0 Å². The van der Waals surface area contributed by atoms with E-state index in [1.807, 2.05) is 13.1 Å². The van der Waals surface area contributed by atoms with Gasteiger partial charge in [0.05, 0.1) is 18.3 Å². The van der Waals surface area contributed by atoms with Crippen LogP contribution in [0.25, 0.3) is 11.0 Å². The van der Waals surface area contributed by atoms with Crippen LogP contribution in [0.1, 0.15) is 17.9 Å². The van der Waals surface area contributed by atoms with Crippen molar-refractivity contribution in [3.8, 4) is 0 Å². The van der Waals surface area contributed by atoms with Crippen LogP contribution in [-0.4, -0.2) is 57.8 Å². The van der Waals surface area contributed by atoms with E-state index in [0.717, 1.165) is 42.6 Å². The molecule has 0 bridgehead atoms. The van der Waals surface area contributed by atoms with Gasteiger partial charge in [-0.15, -0.1) is 0 Å². The molecule has 3 heterocycles. The van der Waals surface area contributed by atoms with Crippen molar-refractivity contribution in [2.24, 2.45) is 5.92 Å². The number of fused-ring (bicyclic) bond motifs is 1. The highest BCUT2D eigenvalue weighted by Crippen LogP contribution is 2.29. The molecule has 0 amide bonds. The summed E-state index contributed by atoms with van der Waals surface area (Å²) in [7, 11) is -1.90. The van der Waals surface area contributed by atoms with E-state index in [-0.39, 0.29) is 10.8 Å². The number of hydrogen-bond acceptors (Lipinski definition) is 7. The standard InChI is InChI=1S/C18H23N5O3S2/c1-13-11-19-17(23(13)8-9-26-2)10-14-6-7-22(12-14)28(24,25)16-5-3-4-15-18(16)21-27-20-15/h3-5,11,14H,6-10,12H2,1-2H3. The first kappa shape index (κ1) is 19.4. The quantitative estimate of drug-likeness (QED) is 0.580. The van der Waals surface area contributed by atoms with Gasteiger partial charge in [0.15, 0.2) is 0 Å². The summed E-state index contributed by atoms with van der Waals surface area (Å²) in [6.45, 7) is 4.41. The maximum Gasteiger partial charge on any atom is 0.245 e. The van der Waals surface area contributed by atoms with Gasteiger partial charge in [-0.05, 0) is 31.4 Å². The van der Waals surface area contributed by atoms with Crippen LogP contribution in [0.15, 0.2) is 29.3 Å². The zero-order valence-electron chi connectivity index (χ0n) is 15.9. The summed E-state index contributed by atoms with van der Waals surface area (Å²) in [4.78, 5) is 4.78. The van der Waals surface area contributed by atoms with E-state index in [9.17, 15) is 8.42 Å². The fourth-order valence-electron chi connectivity index (χ4n) is 3.73. The van der Waals surface area contributed by atoms with Gasteiger partial charge in [0.1, 0.15) is 21.8 Å². The molecule has 2 aromatic heterocycles. The molecule has 1 aromatic carbocycles. The van der Waals surface area contributed by atoms with Crippen LogP contribution in [0.4, 0.5) is 0 Å². The Bertz CT molecular complexity index is 1080. The highest BCUT2D eigenvalue weighted by atomic mass is 32.2. The molecular formula is C18H23N5O3S2. The van der Waals surface area contributed by atoms with E-state index in [1.165, 1.54) is 0 Å². The molecule has 0 aliphatic carbocycles. The second-order valence-corrected chi connectivity index (χ2v) is 9.51. The first-order valence-electron chi connectivity index (χ1n) is 9.22. The normalized spacial score (nSPS) is 18.3. The number of nitrogens with zero attached hydrogens (tertiary/aromatic N) is 5. The van der Waals surface area contributed by atoms with Crippen molar-refractivity contribution in [1.29, 1.82) is 0 Å². The second kappa shape index (κ2) is 7.86. The molecule has 150 valence electrons. The molecule has 1 saturated heterocycles. The molecule has 4 rings (SSSR count). The third-order valence-electron chi connectivity index (χ3n) is 5.24. The highest BCUT2D eigenvalue weighted by Gasteiger charge is 2.34. The number of benzene rings is 1. The van der Waals surface area contributed by atoms with Gasteiger partial charge in [0.2, 0.25) is 10.0 Å². The van der Waals surface area contributed by atoms with Crippen LogP contribution >= 0.6 is 11.7 Å². The van der Waals surface area contributed by atoms with Gasteiger partial charge in [-0.2, -0.15) is 13.1 Å². The number of sulfonamides is 1. The zero-order valence-corrected chi connectivity index (χ0v) is 17.5. The molecule has 0 N–H and O–H groups in total. The van der Waals surface area contributed by atoms with Crippen molar-refractivity contribution in [3.05, 3.63) is 35.9 Å². The molecule has 0 saturated carbocycles. The van der Waals surface area contributed by atoms with Crippen molar-refractivity contribution < 1.29 is 13.2 Å². The van der Waals surface area contributed by atoms with Crippen LogP contribution in [0.3, 0.4) is 0 Å². The lowest BCUT2D eigenvalue weighted by Crippen LogP contribution is -2.29. The predicted molar refractivity (Wildman–Crippen MR) is 107 cm³/mol. The molecule has 3 aromatic rings. The molecule has 1 aliphatic rings. The summed E-state index contributed by atoms with van der Waals surface area (Å²) < 4.78 is 43.6. The van der Waals surface area contributed by atoms with E-state index in [1.54, 1.807) is 29.6 Å². The van der Waals surface area contributed by atoms with E-state index in [2.05, 4.69) is 18.3 Å². The molecule has 1 aliphatic heterocycles. The number of ether oxygens (including phenoxy) is 1. The largest absolute Gasteiger partial charge is 0.383 e. The van der Waals surface area contributed by atoms with Gasteiger partial charge in [-0.25, -0.2) is 13.4 Å². The lowest BCUT2D eigenvalue weighted by Gasteiger charge is -2.17. The van der Waals surface area contributed by atoms with Crippen LogP contribution < -0.4 is 0 Å². The Morgan fingerprint density at radius 1 is 1.32 bits per heavy atom. The molecule has 1 fully saturated rings. The number of methoxy groups -OCH3 is 1.